The SMILES string of the molecule is CCC(C)C1NCN(CCS(C)(=O)=O)C1=O. The van der Waals surface area contributed by atoms with Crippen molar-refractivity contribution in [1.29, 1.82) is 0 Å². The lowest BCUT2D eigenvalue weighted by atomic mass is 9.99. The van der Waals surface area contributed by atoms with E-state index in [4.69, 9.17) is 0 Å². The van der Waals surface area contributed by atoms with Gasteiger partial charge in [0.15, 0.2) is 0 Å². The first-order chi connectivity index (χ1) is 7.35. The molecule has 94 valence electrons. The summed E-state index contributed by atoms with van der Waals surface area (Å²) in [6.07, 6.45) is 2.12. The fourth-order valence-electron chi connectivity index (χ4n) is 1.72. The van der Waals surface area contributed by atoms with Gasteiger partial charge in [-0.15, -0.1) is 0 Å². The van der Waals surface area contributed by atoms with Crippen LogP contribution in [0.3, 0.4) is 0 Å². The van der Waals surface area contributed by atoms with Gasteiger partial charge in [-0.25, -0.2) is 8.42 Å². The van der Waals surface area contributed by atoms with Gasteiger partial charge in [-0.3, -0.25) is 10.1 Å². The van der Waals surface area contributed by atoms with Crippen molar-refractivity contribution in [2.75, 3.05) is 25.2 Å². The molecule has 0 bridgehead atoms. The summed E-state index contributed by atoms with van der Waals surface area (Å²) >= 11 is 0. The molecule has 2 unspecified atom stereocenters. The van der Waals surface area contributed by atoms with Crippen LogP contribution in [0.4, 0.5) is 0 Å². The molecule has 0 aromatic rings. The Balaban J connectivity index is 2.51. The van der Waals surface area contributed by atoms with Crippen molar-refractivity contribution in [1.82, 2.24) is 10.2 Å². The zero-order valence-electron chi connectivity index (χ0n) is 10.1. The predicted molar refractivity (Wildman–Crippen MR) is 62.7 cm³/mol. The molecule has 0 spiro atoms. The Bertz CT molecular complexity index is 353. The first-order valence-electron chi connectivity index (χ1n) is 5.55. The molecular weight excluding hydrogens is 228 g/mol. The Morgan fingerprint density at radius 1 is 1.56 bits per heavy atom. The van der Waals surface area contributed by atoms with Crippen molar-refractivity contribution >= 4 is 15.7 Å². The molecule has 1 rings (SSSR count). The van der Waals surface area contributed by atoms with Crippen molar-refractivity contribution < 1.29 is 13.2 Å². The molecule has 0 radical (unpaired) electrons. The zero-order chi connectivity index (χ0) is 12.3. The minimum Gasteiger partial charge on any atom is -0.328 e. The van der Waals surface area contributed by atoms with E-state index in [9.17, 15) is 13.2 Å². The number of amides is 1. The smallest absolute Gasteiger partial charge is 0.241 e. The van der Waals surface area contributed by atoms with Gasteiger partial charge in [0.2, 0.25) is 5.91 Å². The molecule has 1 aliphatic heterocycles. The van der Waals surface area contributed by atoms with Crippen molar-refractivity contribution in [2.45, 2.75) is 26.3 Å². The number of rotatable bonds is 5. The summed E-state index contributed by atoms with van der Waals surface area (Å²) in [6, 6.07) is -0.149. The highest BCUT2D eigenvalue weighted by Gasteiger charge is 2.34. The van der Waals surface area contributed by atoms with Crippen LogP contribution in [0.1, 0.15) is 20.3 Å². The Morgan fingerprint density at radius 2 is 2.19 bits per heavy atom. The molecule has 1 aliphatic rings. The quantitative estimate of drug-likeness (QED) is 0.734. The van der Waals surface area contributed by atoms with Crippen LogP contribution in [0.25, 0.3) is 0 Å². The average molecular weight is 248 g/mol. The maximum atomic E-state index is 11.9. The molecule has 0 saturated carbocycles. The number of hydrogen-bond acceptors (Lipinski definition) is 4. The second-order valence-electron chi connectivity index (χ2n) is 4.46. The molecule has 1 fully saturated rings. The fourth-order valence-corrected chi connectivity index (χ4v) is 2.27. The number of nitrogens with one attached hydrogen (secondary N) is 1. The summed E-state index contributed by atoms with van der Waals surface area (Å²) in [5.74, 6) is 0.349. The predicted octanol–water partition coefficient (Wildman–Crippen LogP) is -0.165. The largest absolute Gasteiger partial charge is 0.328 e. The van der Waals surface area contributed by atoms with Gasteiger partial charge in [0.25, 0.3) is 0 Å². The minimum absolute atomic E-state index is 0.0259. The molecule has 1 N–H and O–H groups in total. The van der Waals surface area contributed by atoms with Crippen LogP contribution in [0.5, 0.6) is 0 Å². The summed E-state index contributed by atoms with van der Waals surface area (Å²) < 4.78 is 22.0. The highest BCUT2D eigenvalue weighted by atomic mass is 32.2. The molecule has 0 aromatic heterocycles. The third-order valence-corrected chi connectivity index (χ3v) is 3.95. The van der Waals surface area contributed by atoms with Gasteiger partial charge in [-0.1, -0.05) is 20.3 Å². The van der Waals surface area contributed by atoms with E-state index in [1.807, 2.05) is 13.8 Å². The Labute approximate surface area is 97.1 Å². The zero-order valence-corrected chi connectivity index (χ0v) is 10.9. The maximum Gasteiger partial charge on any atom is 0.241 e. The second-order valence-corrected chi connectivity index (χ2v) is 6.72. The van der Waals surface area contributed by atoms with Crippen LogP contribution in [0.2, 0.25) is 0 Å². The lowest BCUT2D eigenvalue weighted by Crippen LogP contribution is -2.37. The Kier molecular flexibility index (Phi) is 4.32. The monoisotopic (exact) mass is 248 g/mol. The van der Waals surface area contributed by atoms with Crippen molar-refractivity contribution in [3.63, 3.8) is 0 Å². The molecule has 1 amide bonds. The number of sulfone groups is 1. The number of hydrogen-bond donors (Lipinski definition) is 1. The summed E-state index contributed by atoms with van der Waals surface area (Å²) in [4.78, 5) is 13.5. The van der Waals surface area contributed by atoms with Crippen LogP contribution in [-0.2, 0) is 14.6 Å². The van der Waals surface area contributed by atoms with Crippen molar-refractivity contribution in [3.8, 4) is 0 Å². The van der Waals surface area contributed by atoms with Crippen LogP contribution in [0, 0.1) is 5.92 Å². The molecule has 1 saturated heterocycles. The summed E-state index contributed by atoms with van der Waals surface area (Å²) in [7, 11) is -3.00. The van der Waals surface area contributed by atoms with Crippen LogP contribution in [0.15, 0.2) is 0 Å². The highest BCUT2D eigenvalue weighted by Crippen LogP contribution is 2.15. The average Bonchev–Trinajstić information content (AvgIpc) is 2.55. The van der Waals surface area contributed by atoms with Gasteiger partial charge in [0.05, 0.1) is 18.5 Å². The van der Waals surface area contributed by atoms with Crippen LogP contribution >= 0.6 is 0 Å². The Hall–Kier alpha value is -0.620. The molecule has 2 atom stereocenters. The van der Waals surface area contributed by atoms with Crippen molar-refractivity contribution in [2.24, 2.45) is 5.92 Å². The van der Waals surface area contributed by atoms with E-state index in [1.54, 1.807) is 4.90 Å². The molecule has 0 aromatic carbocycles. The van der Waals surface area contributed by atoms with Crippen LogP contribution in [-0.4, -0.2) is 50.5 Å². The number of nitrogens with zero attached hydrogens (tertiary/aromatic N) is 1. The van der Waals surface area contributed by atoms with Gasteiger partial charge in [0, 0.05) is 12.8 Å². The maximum absolute atomic E-state index is 11.9. The summed E-state index contributed by atoms with van der Waals surface area (Å²) in [6.45, 7) is 4.81. The molecule has 1 heterocycles. The minimum atomic E-state index is -3.00. The van der Waals surface area contributed by atoms with Crippen molar-refractivity contribution in [3.05, 3.63) is 0 Å². The Morgan fingerprint density at radius 3 is 2.69 bits per heavy atom. The summed E-state index contributed by atoms with van der Waals surface area (Å²) in [5.41, 5.74) is 0. The molecule has 6 heteroatoms. The van der Waals surface area contributed by atoms with Crippen LogP contribution < -0.4 is 5.32 Å². The third kappa shape index (κ3) is 3.45. The van der Waals surface area contributed by atoms with Gasteiger partial charge in [-0.2, -0.15) is 0 Å². The highest BCUT2D eigenvalue weighted by molar-refractivity contribution is 7.90. The summed E-state index contributed by atoms with van der Waals surface area (Å²) in [5, 5.41) is 3.12. The number of carbonyl (C=O) groups excluding carboxylic acids is 1. The molecule has 0 aliphatic carbocycles. The first kappa shape index (κ1) is 13.4. The standard InChI is InChI=1S/C10H20N2O3S/c1-4-8(2)9-10(13)12(7-11-9)5-6-16(3,14)15/h8-9,11H,4-7H2,1-3H3. The normalized spacial score (nSPS) is 23.8. The van der Waals surface area contributed by atoms with E-state index in [0.29, 0.717) is 6.67 Å². The molecular formula is C10H20N2O3S. The lowest BCUT2D eigenvalue weighted by molar-refractivity contribution is -0.129. The topological polar surface area (TPSA) is 66.5 Å². The first-order valence-corrected chi connectivity index (χ1v) is 7.61. The van der Waals surface area contributed by atoms with Gasteiger partial charge < -0.3 is 4.90 Å². The molecule has 5 nitrogen and oxygen atoms in total. The van der Waals surface area contributed by atoms with E-state index in [-0.39, 0.29) is 30.2 Å². The van der Waals surface area contributed by atoms with E-state index < -0.39 is 9.84 Å². The second kappa shape index (κ2) is 5.14. The van der Waals surface area contributed by atoms with E-state index in [1.165, 1.54) is 6.26 Å². The number of carbonyl (C=O) groups is 1. The third-order valence-electron chi connectivity index (χ3n) is 3.02. The fraction of sp³-hybridized carbons (Fsp3) is 0.900. The molecule has 16 heavy (non-hydrogen) atoms. The lowest BCUT2D eigenvalue weighted by Gasteiger charge is -2.17. The van der Waals surface area contributed by atoms with E-state index in [0.717, 1.165) is 6.42 Å². The van der Waals surface area contributed by atoms with E-state index in [2.05, 4.69) is 5.32 Å². The van der Waals surface area contributed by atoms with E-state index >= 15 is 0 Å². The van der Waals surface area contributed by atoms with Gasteiger partial charge in [-0.05, 0) is 5.92 Å². The van der Waals surface area contributed by atoms with Gasteiger partial charge >= 0.3 is 0 Å². The van der Waals surface area contributed by atoms with Gasteiger partial charge in [0.1, 0.15) is 9.84 Å².